The van der Waals surface area contributed by atoms with E-state index in [0.717, 1.165) is 30.8 Å². The molecule has 1 fully saturated rings. The summed E-state index contributed by atoms with van der Waals surface area (Å²) in [7, 11) is 0. The topological polar surface area (TPSA) is 33.3 Å². The Labute approximate surface area is 178 Å². The largest absolute Gasteiger partial charge is 0.490 e. The van der Waals surface area contributed by atoms with Crippen LogP contribution in [0.15, 0.2) is 66.7 Å². The molecule has 0 atom stereocenters. The van der Waals surface area contributed by atoms with E-state index in [-0.39, 0.29) is 0 Å². The van der Waals surface area contributed by atoms with Gasteiger partial charge in [-0.3, -0.25) is 0 Å². The molecule has 3 nitrogen and oxygen atoms in total. The molecule has 3 aromatic carbocycles. The predicted octanol–water partition coefficient (Wildman–Crippen LogP) is 6.08. The van der Waals surface area contributed by atoms with Crippen LogP contribution in [0.25, 0.3) is 10.8 Å². The molecule has 150 valence electrons. The van der Waals surface area contributed by atoms with Crippen LogP contribution in [0.4, 0.5) is 5.69 Å². The molecule has 0 heterocycles. The van der Waals surface area contributed by atoms with Crippen LogP contribution < -0.4 is 15.4 Å². The van der Waals surface area contributed by atoms with Crippen molar-refractivity contribution in [1.29, 1.82) is 0 Å². The number of rotatable bonds is 7. The van der Waals surface area contributed by atoms with E-state index in [9.17, 15) is 0 Å². The maximum atomic E-state index is 6.01. The lowest BCUT2D eigenvalue weighted by atomic mass is 10.0. The van der Waals surface area contributed by atoms with E-state index in [1.807, 2.05) is 24.3 Å². The molecule has 0 saturated heterocycles. The first-order valence-electron chi connectivity index (χ1n) is 10.6. The average Bonchev–Trinajstić information content (AvgIpc) is 3.26. The zero-order chi connectivity index (χ0) is 19.9. The van der Waals surface area contributed by atoms with Gasteiger partial charge in [0.1, 0.15) is 5.75 Å². The van der Waals surface area contributed by atoms with Gasteiger partial charge in [0.05, 0.1) is 6.10 Å². The summed E-state index contributed by atoms with van der Waals surface area (Å²) in [6.45, 7) is 0.845. The van der Waals surface area contributed by atoms with E-state index in [4.69, 9.17) is 17.0 Å². The van der Waals surface area contributed by atoms with E-state index >= 15 is 0 Å². The molecule has 2 N–H and O–H groups in total. The number of hydrogen-bond acceptors (Lipinski definition) is 2. The van der Waals surface area contributed by atoms with E-state index in [1.54, 1.807) is 0 Å². The Morgan fingerprint density at radius 3 is 2.52 bits per heavy atom. The van der Waals surface area contributed by atoms with Crippen molar-refractivity contribution in [3.8, 4) is 5.75 Å². The Kier molecular flexibility index (Phi) is 6.63. The second kappa shape index (κ2) is 9.75. The third-order valence-corrected chi connectivity index (χ3v) is 5.75. The summed E-state index contributed by atoms with van der Waals surface area (Å²) in [5.41, 5.74) is 2.37. The number of aryl methyl sites for hydroxylation is 1. The van der Waals surface area contributed by atoms with Gasteiger partial charge in [0.25, 0.3) is 0 Å². The third kappa shape index (κ3) is 5.48. The van der Waals surface area contributed by atoms with Crippen molar-refractivity contribution in [2.45, 2.75) is 44.6 Å². The van der Waals surface area contributed by atoms with Gasteiger partial charge in [0.15, 0.2) is 5.11 Å². The van der Waals surface area contributed by atoms with Crippen molar-refractivity contribution in [2.24, 2.45) is 0 Å². The second-order valence-electron chi connectivity index (χ2n) is 7.67. The van der Waals surface area contributed by atoms with Crippen LogP contribution in [0.3, 0.4) is 0 Å². The number of anilines is 1. The molecule has 0 amide bonds. The highest BCUT2D eigenvalue weighted by Crippen LogP contribution is 2.25. The summed E-state index contributed by atoms with van der Waals surface area (Å²) in [4.78, 5) is 0. The van der Waals surface area contributed by atoms with Gasteiger partial charge in [-0.05, 0) is 91.3 Å². The lowest BCUT2D eigenvalue weighted by molar-refractivity contribution is 0.210. The van der Waals surface area contributed by atoms with E-state index in [1.165, 1.54) is 42.0 Å². The third-order valence-electron chi connectivity index (χ3n) is 5.51. The first kappa shape index (κ1) is 19.7. The van der Waals surface area contributed by atoms with E-state index < -0.39 is 0 Å². The zero-order valence-corrected chi connectivity index (χ0v) is 17.5. The van der Waals surface area contributed by atoms with Gasteiger partial charge in [-0.1, -0.05) is 42.5 Å². The van der Waals surface area contributed by atoms with Crippen molar-refractivity contribution in [1.82, 2.24) is 5.32 Å². The Morgan fingerprint density at radius 2 is 1.69 bits per heavy atom. The molecule has 3 aromatic rings. The molecule has 4 rings (SSSR count). The summed E-state index contributed by atoms with van der Waals surface area (Å²) in [6.07, 6.45) is 7.36. The standard InChI is InChI=1S/C25H28N2OS/c29-25(27-21-14-16-23(17-15-21)28-22-11-2-3-12-22)26-18-6-10-20-9-5-8-19-7-1-4-13-24(19)20/h1,4-5,7-9,13-17,22H,2-3,6,10-12,18H2,(H2,26,27,29). The highest BCUT2D eigenvalue weighted by molar-refractivity contribution is 7.80. The minimum atomic E-state index is 0.387. The molecule has 1 saturated carbocycles. The lowest BCUT2D eigenvalue weighted by Gasteiger charge is -2.14. The quantitative estimate of drug-likeness (QED) is 0.369. The average molecular weight is 405 g/mol. The van der Waals surface area contributed by atoms with Gasteiger partial charge in [-0.15, -0.1) is 0 Å². The normalized spacial score (nSPS) is 14.1. The summed E-state index contributed by atoms with van der Waals surface area (Å²) in [5.74, 6) is 0.941. The van der Waals surface area contributed by atoms with E-state index in [0.29, 0.717) is 11.2 Å². The van der Waals surface area contributed by atoms with Gasteiger partial charge in [-0.25, -0.2) is 0 Å². The molecule has 0 spiro atoms. The highest BCUT2D eigenvalue weighted by Gasteiger charge is 2.16. The number of thiocarbonyl (C=S) groups is 1. The van der Waals surface area contributed by atoms with Crippen molar-refractivity contribution in [2.75, 3.05) is 11.9 Å². The molecule has 0 bridgehead atoms. The van der Waals surface area contributed by atoms with Gasteiger partial charge in [-0.2, -0.15) is 0 Å². The minimum Gasteiger partial charge on any atom is -0.490 e. The molecule has 0 aliphatic heterocycles. The zero-order valence-electron chi connectivity index (χ0n) is 16.7. The minimum absolute atomic E-state index is 0.387. The Balaban J connectivity index is 1.21. The first-order chi connectivity index (χ1) is 14.3. The molecule has 0 aromatic heterocycles. The maximum Gasteiger partial charge on any atom is 0.170 e. The smallest absolute Gasteiger partial charge is 0.170 e. The maximum absolute atomic E-state index is 6.01. The van der Waals surface area contributed by atoms with E-state index in [2.05, 4.69) is 53.1 Å². The Bertz CT molecular complexity index is 943. The van der Waals surface area contributed by atoms with Crippen LogP contribution in [0, 0.1) is 0 Å². The molecule has 1 aliphatic rings. The number of fused-ring (bicyclic) bond motifs is 1. The fourth-order valence-corrected chi connectivity index (χ4v) is 4.20. The number of hydrogen-bond donors (Lipinski definition) is 2. The van der Waals surface area contributed by atoms with Gasteiger partial charge in [0, 0.05) is 12.2 Å². The first-order valence-corrected chi connectivity index (χ1v) is 11.0. The summed E-state index contributed by atoms with van der Waals surface area (Å²) in [6, 6.07) is 23.2. The molecule has 1 aliphatic carbocycles. The monoisotopic (exact) mass is 404 g/mol. The van der Waals surface area contributed by atoms with Gasteiger partial charge in [0.2, 0.25) is 0 Å². The summed E-state index contributed by atoms with van der Waals surface area (Å²) >= 11 is 5.44. The fourth-order valence-electron chi connectivity index (χ4n) is 3.98. The van der Waals surface area contributed by atoms with Crippen molar-refractivity contribution < 1.29 is 4.74 Å². The fraction of sp³-hybridized carbons (Fsp3) is 0.320. The highest BCUT2D eigenvalue weighted by atomic mass is 32.1. The molecule has 0 unspecified atom stereocenters. The predicted molar refractivity (Wildman–Crippen MR) is 126 cm³/mol. The van der Waals surface area contributed by atoms with Crippen molar-refractivity contribution in [3.05, 3.63) is 72.3 Å². The van der Waals surface area contributed by atoms with Crippen LogP contribution >= 0.6 is 12.2 Å². The van der Waals surface area contributed by atoms with Crippen LogP contribution in [0.2, 0.25) is 0 Å². The Hall–Kier alpha value is -2.59. The van der Waals surface area contributed by atoms with Crippen LogP contribution in [0.5, 0.6) is 5.75 Å². The summed E-state index contributed by atoms with van der Waals surface area (Å²) in [5, 5.41) is 9.87. The molecular weight excluding hydrogens is 376 g/mol. The molecule has 29 heavy (non-hydrogen) atoms. The van der Waals surface area contributed by atoms with Crippen molar-refractivity contribution in [3.63, 3.8) is 0 Å². The Morgan fingerprint density at radius 1 is 0.931 bits per heavy atom. The molecule has 0 radical (unpaired) electrons. The lowest BCUT2D eigenvalue weighted by Crippen LogP contribution is -2.29. The second-order valence-corrected chi connectivity index (χ2v) is 8.08. The van der Waals surface area contributed by atoms with Crippen LogP contribution in [0.1, 0.15) is 37.7 Å². The molecule has 4 heteroatoms. The van der Waals surface area contributed by atoms with Crippen LogP contribution in [-0.4, -0.2) is 17.8 Å². The van der Waals surface area contributed by atoms with Crippen molar-refractivity contribution >= 4 is 33.8 Å². The SMILES string of the molecule is S=C(NCCCc1cccc2ccccc12)Nc1ccc(OC2CCCC2)cc1. The summed E-state index contributed by atoms with van der Waals surface area (Å²) < 4.78 is 6.01. The molecular formula is C25H28N2OS. The number of ether oxygens (including phenoxy) is 1. The van der Waals surface area contributed by atoms with Crippen LogP contribution in [-0.2, 0) is 6.42 Å². The van der Waals surface area contributed by atoms with Gasteiger partial charge >= 0.3 is 0 Å². The number of benzene rings is 3. The van der Waals surface area contributed by atoms with Gasteiger partial charge < -0.3 is 15.4 Å². The number of nitrogens with one attached hydrogen (secondary N) is 2.